The van der Waals surface area contributed by atoms with Crippen LogP contribution in [-0.4, -0.2) is 12.5 Å². The van der Waals surface area contributed by atoms with Gasteiger partial charge in [-0.05, 0) is 30.4 Å². The molecule has 0 unspecified atom stereocenters. The van der Waals surface area contributed by atoms with Crippen LogP contribution in [0.25, 0.3) is 0 Å². The minimum absolute atomic E-state index is 0.0151. The molecule has 0 aromatic heterocycles. The molecule has 0 saturated heterocycles. The first-order chi connectivity index (χ1) is 8.56. The third-order valence-electron chi connectivity index (χ3n) is 3.04. The highest BCUT2D eigenvalue weighted by Gasteiger charge is 2.19. The van der Waals surface area contributed by atoms with Crippen LogP contribution in [0.15, 0.2) is 12.1 Å². The summed E-state index contributed by atoms with van der Waals surface area (Å²) in [5.74, 6) is 1.37. The number of hydrogen-bond donors (Lipinski definition) is 2. The summed E-state index contributed by atoms with van der Waals surface area (Å²) in [7, 11) is 0. The second-order valence-corrected chi connectivity index (χ2v) is 5.16. The van der Waals surface area contributed by atoms with Crippen molar-refractivity contribution < 1.29 is 9.53 Å². The Bertz CT molecular complexity index is 455. The lowest BCUT2D eigenvalue weighted by Crippen LogP contribution is -2.04. The Morgan fingerprint density at radius 3 is 2.94 bits per heavy atom. The number of nitrogen functional groups attached to an aromatic ring is 1. The van der Waals surface area contributed by atoms with Crippen LogP contribution >= 0.6 is 0 Å². The van der Waals surface area contributed by atoms with E-state index in [4.69, 9.17) is 10.5 Å². The van der Waals surface area contributed by atoms with E-state index in [0.29, 0.717) is 30.4 Å². The van der Waals surface area contributed by atoms with E-state index in [-0.39, 0.29) is 5.91 Å². The number of anilines is 2. The lowest BCUT2D eigenvalue weighted by atomic mass is 10.1. The largest absolute Gasteiger partial charge is 0.491 e. The first-order valence-corrected chi connectivity index (χ1v) is 6.41. The van der Waals surface area contributed by atoms with Crippen LogP contribution in [0.5, 0.6) is 5.75 Å². The average molecular weight is 248 g/mol. The number of benzene rings is 1. The number of amides is 1. The molecule has 0 spiro atoms. The second-order valence-electron chi connectivity index (χ2n) is 5.16. The molecule has 3 N–H and O–H groups in total. The van der Waals surface area contributed by atoms with E-state index >= 15 is 0 Å². The first-order valence-electron chi connectivity index (χ1n) is 6.41. The molecule has 1 aromatic carbocycles. The minimum atomic E-state index is 0.0151. The predicted molar refractivity (Wildman–Crippen MR) is 72.8 cm³/mol. The summed E-state index contributed by atoms with van der Waals surface area (Å²) < 4.78 is 5.67. The van der Waals surface area contributed by atoms with Crippen LogP contribution < -0.4 is 15.8 Å². The average Bonchev–Trinajstić information content (AvgIpc) is 2.63. The number of fused-ring (bicyclic) bond motifs is 1. The zero-order chi connectivity index (χ0) is 13.1. The van der Waals surface area contributed by atoms with E-state index in [1.807, 2.05) is 12.1 Å². The SMILES string of the molecule is CC(C)CCCOc1cc2c(cc1N)CC(=O)N2. The van der Waals surface area contributed by atoms with Crippen molar-refractivity contribution >= 4 is 17.3 Å². The fraction of sp³-hybridized carbons (Fsp3) is 0.500. The summed E-state index contributed by atoms with van der Waals surface area (Å²) in [5, 5.41) is 2.80. The molecule has 0 atom stereocenters. The number of hydrogen-bond acceptors (Lipinski definition) is 3. The highest BCUT2D eigenvalue weighted by Crippen LogP contribution is 2.33. The maximum absolute atomic E-state index is 11.3. The molecule has 0 saturated carbocycles. The maximum atomic E-state index is 11.3. The molecule has 1 aliphatic rings. The Hall–Kier alpha value is -1.71. The summed E-state index contributed by atoms with van der Waals surface area (Å²) in [6.45, 7) is 5.05. The Labute approximate surface area is 108 Å². The van der Waals surface area contributed by atoms with Gasteiger partial charge in [0.1, 0.15) is 5.75 Å². The highest BCUT2D eigenvalue weighted by molar-refractivity contribution is 6.00. The molecule has 0 radical (unpaired) electrons. The molecule has 4 heteroatoms. The van der Waals surface area contributed by atoms with Crippen molar-refractivity contribution in [3.05, 3.63) is 17.7 Å². The monoisotopic (exact) mass is 248 g/mol. The maximum Gasteiger partial charge on any atom is 0.228 e. The molecule has 4 nitrogen and oxygen atoms in total. The molecule has 1 aliphatic heterocycles. The van der Waals surface area contributed by atoms with Gasteiger partial charge in [0.15, 0.2) is 0 Å². The summed E-state index contributed by atoms with van der Waals surface area (Å²) in [4.78, 5) is 11.3. The summed E-state index contributed by atoms with van der Waals surface area (Å²) in [6.07, 6.45) is 2.56. The van der Waals surface area contributed by atoms with Gasteiger partial charge in [-0.2, -0.15) is 0 Å². The highest BCUT2D eigenvalue weighted by atomic mass is 16.5. The van der Waals surface area contributed by atoms with Crippen LogP contribution in [0.3, 0.4) is 0 Å². The first kappa shape index (κ1) is 12.7. The number of carbonyl (C=O) groups excluding carboxylic acids is 1. The van der Waals surface area contributed by atoms with Crippen LogP contribution in [0.1, 0.15) is 32.3 Å². The molecule has 18 heavy (non-hydrogen) atoms. The van der Waals surface area contributed by atoms with Gasteiger partial charge >= 0.3 is 0 Å². The summed E-state index contributed by atoms with van der Waals surface area (Å²) in [5.41, 5.74) is 8.30. The molecule has 0 bridgehead atoms. The van der Waals surface area contributed by atoms with Crippen molar-refractivity contribution in [2.75, 3.05) is 17.7 Å². The molecular weight excluding hydrogens is 228 g/mol. The van der Waals surface area contributed by atoms with Gasteiger partial charge in [0.2, 0.25) is 5.91 Å². The van der Waals surface area contributed by atoms with Crippen molar-refractivity contribution in [3.63, 3.8) is 0 Å². The molecule has 0 aliphatic carbocycles. The van der Waals surface area contributed by atoms with Crippen molar-refractivity contribution in [1.82, 2.24) is 0 Å². The second kappa shape index (κ2) is 5.29. The zero-order valence-corrected chi connectivity index (χ0v) is 11.0. The summed E-state index contributed by atoms with van der Waals surface area (Å²) >= 11 is 0. The quantitative estimate of drug-likeness (QED) is 0.621. The molecule has 2 rings (SSSR count). The van der Waals surface area contributed by atoms with Gasteiger partial charge in [-0.15, -0.1) is 0 Å². The zero-order valence-electron chi connectivity index (χ0n) is 11.0. The Kier molecular flexibility index (Phi) is 3.75. The molecule has 98 valence electrons. The Balaban J connectivity index is 1.97. The van der Waals surface area contributed by atoms with Gasteiger partial charge in [-0.25, -0.2) is 0 Å². The van der Waals surface area contributed by atoms with E-state index < -0.39 is 0 Å². The molecule has 1 aromatic rings. The number of carbonyl (C=O) groups is 1. The third kappa shape index (κ3) is 2.94. The number of ether oxygens (including phenoxy) is 1. The van der Waals surface area contributed by atoms with Crippen LogP contribution in [-0.2, 0) is 11.2 Å². The smallest absolute Gasteiger partial charge is 0.228 e. The van der Waals surface area contributed by atoms with Gasteiger partial charge in [0, 0.05) is 11.8 Å². The van der Waals surface area contributed by atoms with Gasteiger partial charge in [-0.3, -0.25) is 4.79 Å². The van der Waals surface area contributed by atoms with Crippen molar-refractivity contribution in [3.8, 4) is 5.75 Å². The molecule has 1 heterocycles. The standard InChI is InChI=1S/C14H20N2O2/c1-9(2)4-3-5-18-13-8-12-10(6-11(13)15)7-14(17)16-12/h6,8-9H,3-5,7,15H2,1-2H3,(H,16,17). The number of rotatable bonds is 5. The molecule has 1 amide bonds. The third-order valence-corrected chi connectivity index (χ3v) is 3.04. The van der Waals surface area contributed by atoms with Crippen molar-refractivity contribution in [2.45, 2.75) is 33.1 Å². The van der Waals surface area contributed by atoms with Crippen LogP contribution in [0, 0.1) is 5.92 Å². The molecule has 0 fully saturated rings. The van der Waals surface area contributed by atoms with Crippen LogP contribution in [0.2, 0.25) is 0 Å². The van der Waals surface area contributed by atoms with E-state index in [2.05, 4.69) is 19.2 Å². The normalized spacial score (nSPS) is 13.6. The lowest BCUT2D eigenvalue weighted by Gasteiger charge is -2.11. The van der Waals surface area contributed by atoms with Gasteiger partial charge < -0.3 is 15.8 Å². The van der Waals surface area contributed by atoms with E-state index in [9.17, 15) is 4.79 Å². The van der Waals surface area contributed by atoms with Gasteiger partial charge in [0.25, 0.3) is 0 Å². The predicted octanol–water partition coefficient (Wildman–Crippen LogP) is 2.58. The number of nitrogens with two attached hydrogens (primary N) is 1. The van der Waals surface area contributed by atoms with Crippen molar-refractivity contribution in [2.24, 2.45) is 5.92 Å². The lowest BCUT2D eigenvalue weighted by molar-refractivity contribution is -0.115. The Morgan fingerprint density at radius 1 is 1.44 bits per heavy atom. The minimum Gasteiger partial charge on any atom is -0.491 e. The molecular formula is C14H20N2O2. The fourth-order valence-electron chi connectivity index (χ4n) is 2.07. The van der Waals surface area contributed by atoms with E-state index in [1.54, 1.807) is 0 Å². The van der Waals surface area contributed by atoms with Gasteiger partial charge in [-0.1, -0.05) is 13.8 Å². The topological polar surface area (TPSA) is 64.3 Å². The van der Waals surface area contributed by atoms with E-state index in [0.717, 1.165) is 24.1 Å². The fourth-order valence-corrected chi connectivity index (χ4v) is 2.07. The van der Waals surface area contributed by atoms with E-state index in [1.165, 1.54) is 0 Å². The van der Waals surface area contributed by atoms with Gasteiger partial charge in [0.05, 0.1) is 18.7 Å². The van der Waals surface area contributed by atoms with Crippen molar-refractivity contribution in [1.29, 1.82) is 0 Å². The van der Waals surface area contributed by atoms with Crippen LogP contribution in [0.4, 0.5) is 11.4 Å². The summed E-state index contributed by atoms with van der Waals surface area (Å²) in [6, 6.07) is 3.65. The number of nitrogens with one attached hydrogen (secondary N) is 1. The Morgan fingerprint density at radius 2 is 2.22 bits per heavy atom.